The van der Waals surface area contributed by atoms with Gasteiger partial charge in [-0.3, -0.25) is 9.59 Å². The first-order valence-electron chi connectivity index (χ1n) is 9.47. The number of amides is 1. The van der Waals surface area contributed by atoms with Crippen LogP contribution in [0.15, 0.2) is 41.2 Å². The number of carbonyl (C=O) groups excluding carboxylic acids is 2. The van der Waals surface area contributed by atoms with Crippen LogP contribution in [0.1, 0.15) is 32.3 Å². The average Bonchev–Trinajstić information content (AvgIpc) is 2.94. The Morgan fingerprint density at radius 3 is 2.74 bits per heavy atom. The first-order valence-corrected chi connectivity index (χ1v) is 9.47. The third-order valence-corrected chi connectivity index (χ3v) is 5.41. The SMILES string of the molecule is CC1(C)CN(C(=O)CC2=NC(N3CCOCC3)=CC(=O)C2)c2ccccc21. The van der Waals surface area contributed by atoms with Crippen molar-refractivity contribution in [3.63, 3.8) is 0 Å². The van der Waals surface area contributed by atoms with Crippen LogP contribution >= 0.6 is 0 Å². The number of fused-ring (bicyclic) bond motifs is 1. The predicted octanol–water partition coefficient (Wildman–Crippen LogP) is 2.29. The van der Waals surface area contributed by atoms with Crippen molar-refractivity contribution in [1.82, 2.24) is 4.90 Å². The molecule has 0 unspecified atom stereocenters. The van der Waals surface area contributed by atoms with Gasteiger partial charge in [0, 0.05) is 48.9 Å². The van der Waals surface area contributed by atoms with E-state index in [1.165, 1.54) is 5.56 Å². The fourth-order valence-electron chi connectivity index (χ4n) is 4.03. The molecule has 4 rings (SSSR count). The van der Waals surface area contributed by atoms with Crippen LogP contribution in [0.5, 0.6) is 0 Å². The fraction of sp³-hybridized carbons (Fsp3) is 0.476. The van der Waals surface area contributed by atoms with Gasteiger partial charge in [0.25, 0.3) is 0 Å². The van der Waals surface area contributed by atoms with E-state index >= 15 is 0 Å². The molecule has 6 nitrogen and oxygen atoms in total. The Bertz CT molecular complexity index is 835. The summed E-state index contributed by atoms with van der Waals surface area (Å²) in [5.41, 5.74) is 2.74. The minimum Gasteiger partial charge on any atom is -0.378 e. The van der Waals surface area contributed by atoms with Crippen molar-refractivity contribution in [3.8, 4) is 0 Å². The zero-order valence-corrected chi connectivity index (χ0v) is 15.9. The first kappa shape index (κ1) is 17.9. The molecular formula is C21H25N3O3. The Balaban J connectivity index is 1.52. The Morgan fingerprint density at radius 2 is 1.96 bits per heavy atom. The smallest absolute Gasteiger partial charge is 0.232 e. The van der Waals surface area contributed by atoms with Gasteiger partial charge >= 0.3 is 0 Å². The molecule has 0 spiro atoms. The number of carbonyl (C=O) groups is 2. The number of rotatable bonds is 3. The zero-order valence-electron chi connectivity index (χ0n) is 15.9. The molecule has 6 heteroatoms. The topological polar surface area (TPSA) is 62.2 Å². The van der Waals surface area contributed by atoms with Gasteiger partial charge < -0.3 is 14.5 Å². The lowest BCUT2D eigenvalue weighted by molar-refractivity contribution is -0.117. The number of hydrogen-bond donors (Lipinski definition) is 0. The zero-order chi connectivity index (χ0) is 19.0. The van der Waals surface area contributed by atoms with Gasteiger partial charge in [-0.05, 0) is 11.6 Å². The molecule has 142 valence electrons. The second-order valence-corrected chi connectivity index (χ2v) is 7.98. The largest absolute Gasteiger partial charge is 0.378 e. The summed E-state index contributed by atoms with van der Waals surface area (Å²) in [6, 6.07) is 8.05. The Kier molecular flexibility index (Phi) is 4.60. The normalized spacial score (nSPS) is 21.6. The van der Waals surface area contributed by atoms with E-state index in [1.54, 1.807) is 6.08 Å². The van der Waals surface area contributed by atoms with Crippen LogP contribution in [-0.2, 0) is 19.7 Å². The van der Waals surface area contributed by atoms with Crippen molar-refractivity contribution >= 4 is 23.1 Å². The van der Waals surface area contributed by atoms with E-state index in [9.17, 15) is 9.59 Å². The molecule has 1 amide bonds. The second-order valence-electron chi connectivity index (χ2n) is 7.98. The number of ether oxygens (including phenoxy) is 1. The average molecular weight is 367 g/mol. The number of nitrogens with zero attached hydrogens (tertiary/aromatic N) is 3. The highest BCUT2D eigenvalue weighted by Gasteiger charge is 2.38. The van der Waals surface area contributed by atoms with Gasteiger partial charge in [0.05, 0.1) is 19.6 Å². The third-order valence-electron chi connectivity index (χ3n) is 5.41. The highest BCUT2D eigenvalue weighted by atomic mass is 16.5. The van der Waals surface area contributed by atoms with Gasteiger partial charge in [0.15, 0.2) is 5.78 Å². The van der Waals surface area contributed by atoms with Crippen LogP contribution in [0.2, 0.25) is 0 Å². The van der Waals surface area contributed by atoms with E-state index in [2.05, 4.69) is 29.8 Å². The highest BCUT2D eigenvalue weighted by Crippen LogP contribution is 2.40. The molecule has 0 aromatic heterocycles. The van der Waals surface area contributed by atoms with Crippen LogP contribution in [0.3, 0.4) is 0 Å². The number of morpholine rings is 1. The maximum absolute atomic E-state index is 13.0. The molecular weight excluding hydrogens is 342 g/mol. The van der Waals surface area contributed by atoms with Gasteiger partial charge in [-0.2, -0.15) is 0 Å². The predicted molar refractivity (Wildman–Crippen MR) is 104 cm³/mol. The molecule has 0 radical (unpaired) electrons. The van der Waals surface area contributed by atoms with E-state index in [-0.39, 0.29) is 29.9 Å². The summed E-state index contributed by atoms with van der Waals surface area (Å²) in [6.45, 7) is 7.66. The molecule has 0 aliphatic carbocycles. The molecule has 27 heavy (non-hydrogen) atoms. The number of aliphatic imine (C=N–C) groups is 1. The summed E-state index contributed by atoms with van der Waals surface area (Å²) >= 11 is 0. The Morgan fingerprint density at radius 1 is 1.22 bits per heavy atom. The van der Waals surface area contributed by atoms with Crippen LogP contribution in [-0.4, -0.2) is 55.2 Å². The molecule has 0 N–H and O–H groups in total. The van der Waals surface area contributed by atoms with Crippen LogP contribution in [0.4, 0.5) is 5.69 Å². The van der Waals surface area contributed by atoms with Gasteiger partial charge in [0.1, 0.15) is 5.82 Å². The number of anilines is 1. The van der Waals surface area contributed by atoms with Gasteiger partial charge in [-0.1, -0.05) is 32.0 Å². The lowest BCUT2D eigenvalue weighted by Crippen LogP contribution is -2.38. The summed E-state index contributed by atoms with van der Waals surface area (Å²) < 4.78 is 5.37. The lowest BCUT2D eigenvalue weighted by atomic mass is 9.87. The molecule has 0 saturated carbocycles. The molecule has 3 heterocycles. The van der Waals surface area contributed by atoms with Gasteiger partial charge in [-0.15, -0.1) is 0 Å². The van der Waals surface area contributed by atoms with Crippen LogP contribution < -0.4 is 4.90 Å². The Labute approximate surface area is 159 Å². The van der Waals surface area contributed by atoms with Gasteiger partial charge in [-0.25, -0.2) is 4.99 Å². The van der Waals surface area contributed by atoms with Crippen molar-refractivity contribution in [2.75, 3.05) is 37.7 Å². The van der Waals surface area contributed by atoms with E-state index in [0.717, 1.165) is 18.8 Å². The van der Waals surface area contributed by atoms with Crippen LogP contribution in [0.25, 0.3) is 0 Å². The highest BCUT2D eigenvalue weighted by molar-refractivity contribution is 6.16. The molecule has 1 aromatic rings. The van der Waals surface area contributed by atoms with Crippen molar-refractivity contribution in [2.24, 2.45) is 4.99 Å². The molecule has 3 aliphatic heterocycles. The third kappa shape index (κ3) is 3.54. The molecule has 1 saturated heterocycles. The van der Waals surface area contributed by atoms with Crippen molar-refractivity contribution in [3.05, 3.63) is 41.7 Å². The maximum Gasteiger partial charge on any atom is 0.232 e. The number of benzene rings is 1. The van der Waals surface area contributed by atoms with Crippen LogP contribution in [0, 0.1) is 0 Å². The van der Waals surface area contributed by atoms with Crippen molar-refractivity contribution in [2.45, 2.75) is 32.1 Å². The molecule has 1 fully saturated rings. The minimum absolute atomic E-state index is 0.00259. The summed E-state index contributed by atoms with van der Waals surface area (Å²) in [4.78, 5) is 33.8. The minimum atomic E-state index is -0.0741. The standard InChI is InChI=1S/C21H25N3O3/c1-21(2)14-24(18-6-4-3-5-17(18)21)20(26)12-15-11-16(25)13-19(22-15)23-7-9-27-10-8-23/h3-6,13H,7-12,14H2,1-2H3. The summed E-state index contributed by atoms with van der Waals surface area (Å²) in [6.07, 6.45) is 1.99. The second kappa shape index (κ2) is 6.93. The molecule has 0 atom stereocenters. The monoisotopic (exact) mass is 367 g/mol. The maximum atomic E-state index is 13.0. The van der Waals surface area contributed by atoms with E-state index in [4.69, 9.17) is 4.74 Å². The fourth-order valence-corrected chi connectivity index (χ4v) is 4.03. The first-order chi connectivity index (χ1) is 12.9. The summed E-state index contributed by atoms with van der Waals surface area (Å²) in [5, 5.41) is 0. The van der Waals surface area contributed by atoms with Gasteiger partial charge in [0.2, 0.25) is 5.91 Å². The van der Waals surface area contributed by atoms with E-state index < -0.39 is 0 Å². The van der Waals surface area contributed by atoms with Crippen molar-refractivity contribution in [1.29, 1.82) is 0 Å². The number of allylic oxidation sites excluding steroid dienone is 1. The molecule has 1 aromatic carbocycles. The molecule has 3 aliphatic rings. The van der Waals surface area contributed by atoms with Crippen molar-refractivity contribution < 1.29 is 14.3 Å². The summed E-state index contributed by atoms with van der Waals surface area (Å²) in [5.74, 6) is 0.679. The quantitative estimate of drug-likeness (QED) is 0.822. The Hall–Kier alpha value is -2.47. The number of hydrogen-bond acceptors (Lipinski definition) is 5. The number of para-hydroxylation sites is 1. The molecule has 0 bridgehead atoms. The lowest BCUT2D eigenvalue weighted by Gasteiger charge is -2.30. The summed E-state index contributed by atoms with van der Waals surface area (Å²) in [7, 11) is 0. The number of ketones is 1. The van der Waals surface area contributed by atoms with E-state index in [0.29, 0.717) is 31.3 Å². The van der Waals surface area contributed by atoms with E-state index in [1.807, 2.05) is 23.1 Å².